The summed E-state index contributed by atoms with van der Waals surface area (Å²) >= 11 is 0. The summed E-state index contributed by atoms with van der Waals surface area (Å²) in [5.74, 6) is 0.147. The van der Waals surface area contributed by atoms with Crippen LogP contribution in [0.5, 0.6) is 0 Å². The van der Waals surface area contributed by atoms with Gasteiger partial charge in [-0.05, 0) is 68.1 Å². The molecule has 2 aliphatic rings. The Kier molecular flexibility index (Phi) is 8.55. The number of rotatable bonds is 9. The van der Waals surface area contributed by atoms with E-state index in [2.05, 4.69) is 34.6 Å². The summed E-state index contributed by atoms with van der Waals surface area (Å²) in [6.07, 6.45) is 7.91. The average molecular weight is 423 g/mol. The van der Waals surface area contributed by atoms with Gasteiger partial charge in [-0.15, -0.1) is 0 Å². The van der Waals surface area contributed by atoms with Crippen LogP contribution in [0.25, 0.3) is 0 Å². The van der Waals surface area contributed by atoms with Crippen molar-refractivity contribution in [3.63, 3.8) is 0 Å². The lowest BCUT2D eigenvalue weighted by atomic mass is 9.50. The number of aliphatic hydroxyl groups excluding tert-OH is 1. The zero-order valence-corrected chi connectivity index (χ0v) is 19.9. The Morgan fingerprint density at radius 2 is 1.93 bits per heavy atom. The van der Waals surface area contributed by atoms with Gasteiger partial charge in [-0.1, -0.05) is 45.3 Å². The van der Waals surface area contributed by atoms with Gasteiger partial charge in [0, 0.05) is 13.3 Å². The lowest BCUT2D eigenvalue weighted by Gasteiger charge is -2.55. The second kappa shape index (κ2) is 10.3. The predicted octanol–water partition coefficient (Wildman–Crippen LogP) is 5.20. The molecule has 0 heterocycles. The van der Waals surface area contributed by atoms with E-state index in [9.17, 15) is 14.7 Å². The van der Waals surface area contributed by atoms with E-state index in [4.69, 9.17) is 9.47 Å². The van der Waals surface area contributed by atoms with Crippen molar-refractivity contribution < 1.29 is 24.2 Å². The maximum Gasteiger partial charge on any atom is 0.306 e. The molecule has 30 heavy (non-hydrogen) atoms. The van der Waals surface area contributed by atoms with Gasteiger partial charge >= 0.3 is 11.9 Å². The Hall–Kier alpha value is -1.36. The SMILES string of the molecule is CC(=O)OC[C@H](CO)OC(=O)C[C@H](C)CCC1=C(C)CC[C@@H]2C(C)(C)CCC[C@@]12C. The lowest BCUT2D eigenvalue weighted by molar-refractivity contribution is -0.161. The first-order valence-electron chi connectivity index (χ1n) is 11.6. The standard InChI is InChI=1S/C25H42O5/c1-17(14-23(28)30-20(15-26)16-29-19(3)27)8-10-21-18(2)9-11-22-24(4,5)12-7-13-25(21,22)6/h17,20,22,26H,7-16H2,1-6H3/t17-,20+,22-,25+/m1/s1. The summed E-state index contributed by atoms with van der Waals surface area (Å²) in [6, 6.07) is 0. The minimum Gasteiger partial charge on any atom is -0.462 e. The third-order valence-electron chi connectivity index (χ3n) is 7.62. The minimum absolute atomic E-state index is 0.104. The quantitative estimate of drug-likeness (QED) is 0.408. The van der Waals surface area contributed by atoms with Gasteiger partial charge in [0.05, 0.1) is 6.61 Å². The second-order valence-electron chi connectivity index (χ2n) is 10.6. The molecule has 0 aromatic heterocycles. The Balaban J connectivity index is 1.92. The number of hydrogen-bond donors (Lipinski definition) is 1. The highest BCUT2D eigenvalue weighted by molar-refractivity contribution is 5.70. The van der Waals surface area contributed by atoms with Gasteiger partial charge < -0.3 is 14.6 Å². The molecular weight excluding hydrogens is 380 g/mol. The van der Waals surface area contributed by atoms with E-state index < -0.39 is 12.1 Å². The predicted molar refractivity (Wildman–Crippen MR) is 118 cm³/mol. The van der Waals surface area contributed by atoms with Gasteiger partial charge in [0.25, 0.3) is 0 Å². The molecule has 2 rings (SSSR count). The van der Waals surface area contributed by atoms with Crippen molar-refractivity contribution in [2.24, 2.45) is 22.7 Å². The Bertz CT molecular complexity index is 650. The minimum atomic E-state index is -0.791. The maximum atomic E-state index is 12.3. The second-order valence-corrected chi connectivity index (χ2v) is 10.6. The molecule has 0 bridgehead atoms. The van der Waals surface area contributed by atoms with Gasteiger partial charge in [0.2, 0.25) is 0 Å². The molecule has 2 aliphatic carbocycles. The number of fused-ring (bicyclic) bond motifs is 1. The molecule has 1 saturated carbocycles. The van der Waals surface area contributed by atoms with Crippen LogP contribution in [0.2, 0.25) is 0 Å². The summed E-state index contributed by atoms with van der Waals surface area (Å²) in [5.41, 5.74) is 3.88. The first-order chi connectivity index (χ1) is 14.0. The fourth-order valence-electron chi connectivity index (χ4n) is 6.04. The van der Waals surface area contributed by atoms with Crippen molar-refractivity contribution in [1.29, 1.82) is 0 Å². The van der Waals surface area contributed by atoms with Crippen LogP contribution in [0.1, 0.15) is 92.9 Å². The molecule has 0 aromatic carbocycles. The number of aliphatic hydroxyl groups is 1. The van der Waals surface area contributed by atoms with Crippen LogP contribution >= 0.6 is 0 Å². The van der Waals surface area contributed by atoms with Crippen LogP contribution in [0.15, 0.2) is 11.1 Å². The largest absolute Gasteiger partial charge is 0.462 e. The molecule has 0 radical (unpaired) electrons. The third-order valence-corrected chi connectivity index (χ3v) is 7.62. The number of esters is 2. The van der Waals surface area contributed by atoms with Crippen LogP contribution in [0, 0.1) is 22.7 Å². The van der Waals surface area contributed by atoms with Gasteiger partial charge in [-0.25, -0.2) is 0 Å². The highest BCUT2D eigenvalue weighted by Crippen LogP contribution is 2.60. The lowest BCUT2D eigenvalue weighted by Crippen LogP contribution is -2.45. The summed E-state index contributed by atoms with van der Waals surface area (Å²) in [6.45, 7) is 12.6. The van der Waals surface area contributed by atoms with E-state index in [0.717, 1.165) is 18.8 Å². The fraction of sp³-hybridized carbons (Fsp3) is 0.840. The Labute approximate surface area is 182 Å². The fourth-order valence-corrected chi connectivity index (χ4v) is 6.04. The molecule has 1 N–H and O–H groups in total. The zero-order chi connectivity index (χ0) is 22.5. The number of allylic oxidation sites excluding steroid dienone is 2. The topological polar surface area (TPSA) is 72.8 Å². The van der Waals surface area contributed by atoms with Gasteiger partial charge in [0.15, 0.2) is 6.10 Å². The molecule has 0 aromatic rings. The Morgan fingerprint density at radius 1 is 1.23 bits per heavy atom. The van der Waals surface area contributed by atoms with Crippen LogP contribution in [-0.2, 0) is 19.1 Å². The van der Waals surface area contributed by atoms with Crippen molar-refractivity contribution in [3.05, 3.63) is 11.1 Å². The Morgan fingerprint density at radius 3 is 2.57 bits per heavy atom. The van der Waals surface area contributed by atoms with Crippen molar-refractivity contribution in [2.45, 2.75) is 99.0 Å². The van der Waals surface area contributed by atoms with E-state index in [1.54, 1.807) is 11.1 Å². The van der Waals surface area contributed by atoms with E-state index in [1.807, 2.05) is 0 Å². The molecule has 0 spiro atoms. The summed E-state index contributed by atoms with van der Waals surface area (Å²) < 4.78 is 10.1. The van der Waals surface area contributed by atoms with Gasteiger partial charge in [0.1, 0.15) is 6.61 Å². The molecule has 172 valence electrons. The maximum absolute atomic E-state index is 12.3. The molecule has 1 fully saturated rings. The van der Waals surface area contributed by atoms with E-state index in [-0.39, 0.29) is 30.5 Å². The van der Waals surface area contributed by atoms with Crippen LogP contribution in [0.4, 0.5) is 0 Å². The number of carbonyl (C=O) groups is 2. The number of ether oxygens (including phenoxy) is 2. The number of hydrogen-bond acceptors (Lipinski definition) is 5. The zero-order valence-electron chi connectivity index (χ0n) is 19.9. The molecule has 5 heteroatoms. The third kappa shape index (κ3) is 6.09. The normalized spacial score (nSPS) is 27.8. The van der Waals surface area contributed by atoms with Crippen molar-refractivity contribution >= 4 is 11.9 Å². The van der Waals surface area contributed by atoms with Crippen molar-refractivity contribution in [1.82, 2.24) is 0 Å². The summed E-state index contributed by atoms with van der Waals surface area (Å²) in [7, 11) is 0. The van der Waals surface area contributed by atoms with Gasteiger partial charge in [-0.2, -0.15) is 0 Å². The highest BCUT2D eigenvalue weighted by Gasteiger charge is 2.49. The first kappa shape index (κ1) is 24.9. The highest BCUT2D eigenvalue weighted by atomic mass is 16.6. The molecule has 0 saturated heterocycles. The molecule has 0 amide bonds. The van der Waals surface area contributed by atoms with E-state index in [0.29, 0.717) is 11.8 Å². The smallest absolute Gasteiger partial charge is 0.306 e. The first-order valence-corrected chi connectivity index (χ1v) is 11.6. The van der Waals surface area contributed by atoms with Gasteiger partial charge in [-0.3, -0.25) is 9.59 Å². The molecule has 4 atom stereocenters. The summed E-state index contributed by atoms with van der Waals surface area (Å²) in [5, 5.41) is 9.33. The van der Waals surface area contributed by atoms with Crippen LogP contribution in [-0.4, -0.2) is 36.4 Å². The van der Waals surface area contributed by atoms with Crippen molar-refractivity contribution in [2.75, 3.05) is 13.2 Å². The van der Waals surface area contributed by atoms with E-state index in [1.165, 1.54) is 39.0 Å². The average Bonchev–Trinajstić information content (AvgIpc) is 2.63. The summed E-state index contributed by atoms with van der Waals surface area (Å²) in [4.78, 5) is 23.2. The molecular formula is C25H42O5. The number of carbonyl (C=O) groups excluding carboxylic acids is 2. The molecule has 5 nitrogen and oxygen atoms in total. The molecule has 0 aliphatic heterocycles. The van der Waals surface area contributed by atoms with E-state index >= 15 is 0 Å². The molecule has 0 unspecified atom stereocenters. The van der Waals surface area contributed by atoms with Crippen LogP contribution in [0.3, 0.4) is 0 Å². The monoisotopic (exact) mass is 422 g/mol. The van der Waals surface area contributed by atoms with Crippen molar-refractivity contribution in [3.8, 4) is 0 Å². The van der Waals surface area contributed by atoms with Crippen LogP contribution < -0.4 is 0 Å².